The van der Waals surface area contributed by atoms with Crippen molar-refractivity contribution in [2.75, 3.05) is 24.4 Å². The highest BCUT2D eigenvalue weighted by atomic mass is 32.2. The third-order valence-corrected chi connectivity index (χ3v) is 3.30. The predicted octanol–water partition coefficient (Wildman–Crippen LogP) is 2.50. The summed E-state index contributed by atoms with van der Waals surface area (Å²) in [6, 6.07) is 8.00. The molecule has 0 spiro atoms. The molecule has 0 fully saturated rings. The lowest BCUT2D eigenvalue weighted by atomic mass is 10.2. The maximum Gasteiger partial charge on any atom is 0.144 e. The fourth-order valence-corrected chi connectivity index (χ4v) is 1.96. The van der Waals surface area contributed by atoms with Crippen molar-refractivity contribution in [3.05, 3.63) is 36.2 Å². The Hall–Kier alpha value is -2.28. The Morgan fingerprint density at radius 1 is 1.30 bits per heavy atom. The van der Waals surface area contributed by atoms with Gasteiger partial charge in [-0.2, -0.15) is 0 Å². The van der Waals surface area contributed by atoms with Gasteiger partial charge in [0.1, 0.15) is 25.1 Å². The van der Waals surface area contributed by atoms with Crippen molar-refractivity contribution < 1.29 is 4.84 Å². The van der Waals surface area contributed by atoms with Crippen LogP contribution < -0.4 is 11.1 Å². The van der Waals surface area contributed by atoms with Gasteiger partial charge in [-0.1, -0.05) is 5.16 Å². The molecule has 104 valence electrons. The lowest BCUT2D eigenvalue weighted by Gasteiger charge is -2.09. The van der Waals surface area contributed by atoms with E-state index < -0.39 is 0 Å². The van der Waals surface area contributed by atoms with E-state index in [4.69, 9.17) is 5.73 Å². The summed E-state index contributed by atoms with van der Waals surface area (Å²) in [6.07, 6.45) is 4.92. The van der Waals surface area contributed by atoms with Crippen molar-refractivity contribution in [1.82, 2.24) is 9.97 Å². The standard InChI is InChI=1S/C13H15N5OS/c1-19-17-7-11-12(14)15-8-16-13(11)18-9-3-5-10(20-2)6-4-9/h3-8H,1-2H3,(H3,14,15,16,18)/b17-7+. The van der Waals surface area contributed by atoms with Crippen molar-refractivity contribution in [2.24, 2.45) is 5.16 Å². The summed E-state index contributed by atoms with van der Waals surface area (Å²) in [5.41, 5.74) is 7.32. The van der Waals surface area contributed by atoms with Crippen molar-refractivity contribution in [2.45, 2.75) is 4.90 Å². The highest BCUT2D eigenvalue weighted by molar-refractivity contribution is 7.98. The van der Waals surface area contributed by atoms with Crippen LogP contribution in [0.1, 0.15) is 5.56 Å². The van der Waals surface area contributed by atoms with Crippen LogP contribution in [0.25, 0.3) is 0 Å². The summed E-state index contributed by atoms with van der Waals surface area (Å²) < 4.78 is 0. The highest BCUT2D eigenvalue weighted by Crippen LogP contribution is 2.22. The van der Waals surface area contributed by atoms with Gasteiger partial charge in [0.25, 0.3) is 0 Å². The molecule has 0 unspecified atom stereocenters. The molecule has 1 aromatic heterocycles. The number of aromatic nitrogens is 2. The smallest absolute Gasteiger partial charge is 0.144 e. The Kier molecular flexibility index (Phi) is 4.78. The molecule has 6 nitrogen and oxygen atoms in total. The van der Waals surface area contributed by atoms with Crippen LogP contribution in [0.5, 0.6) is 0 Å². The molecule has 0 amide bonds. The van der Waals surface area contributed by atoms with Gasteiger partial charge in [0.15, 0.2) is 0 Å². The average molecular weight is 289 g/mol. The zero-order chi connectivity index (χ0) is 14.4. The lowest BCUT2D eigenvalue weighted by Crippen LogP contribution is -2.04. The number of benzene rings is 1. The quantitative estimate of drug-likeness (QED) is 0.500. The molecule has 0 aliphatic rings. The van der Waals surface area contributed by atoms with E-state index in [1.165, 1.54) is 24.5 Å². The second-order valence-electron chi connectivity index (χ2n) is 3.79. The first kappa shape index (κ1) is 14.1. The largest absolute Gasteiger partial charge is 0.399 e. The molecule has 1 heterocycles. The molecule has 0 aliphatic carbocycles. The Morgan fingerprint density at radius 2 is 2.05 bits per heavy atom. The van der Waals surface area contributed by atoms with E-state index >= 15 is 0 Å². The number of nitrogen functional groups attached to an aromatic ring is 1. The van der Waals surface area contributed by atoms with Gasteiger partial charge in [-0.15, -0.1) is 11.8 Å². The third-order valence-electron chi connectivity index (χ3n) is 2.55. The van der Waals surface area contributed by atoms with E-state index in [1.807, 2.05) is 30.5 Å². The third kappa shape index (κ3) is 3.39. The molecule has 0 aliphatic heterocycles. The number of oxime groups is 1. The fourth-order valence-electron chi connectivity index (χ4n) is 1.55. The Balaban J connectivity index is 2.27. The Morgan fingerprint density at radius 3 is 2.70 bits per heavy atom. The Labute approximate surface area is 121 Å². The molecule has 3 N–H and O–H groups in total. The van der Waals surface area contributed by atoms with Crippen molar-refractivity contribution in [1.29, 1.82) is 0 Å². The van der Waals surface area contributed by atoms with Gasteiger partial charge in [-0.05, 0) is 30.5 Å². The molecule has 2 rings (SSSR count). The highest BCUT2D eigenvalue weighted by Gasteiger charge is 2.07. The zero-order valence-electron chi connectivity index (χ0n) is 11.2. The topological polar surface area (TPSA) is 85.4 Å². The first-order valence-corrected chi connectivity index (χ1v) is 7.05. The van der Waals surface area contributed by atoms with Crippen LogP contribution in [-0.2, 0) is 4.84 Å². The number of anilines is 3. The molecule has 0 radical (unpaired) electrons. The van der Waals surface area contributed by atoms with Crippen LogP contribution in [-0.4, -0.2) is 29.5 Å². The van der Waals surface area contributed by atoms with Crippen LogP contribution >= 0.6 is 11.8 Å². The maximum atomic E-state index is 5.82. The van der Waals surface area contributed by atoms with Crippen LogP contribution in [0.3, 0.4) is 0 Å². The number of rotatable bonds is 5. The normalized spacial score (nSPS) is 10.7. The van der Waals surface area contributed by atoms with Crippen molar-refractivity contribution in [3.8, 4) is 0 Å². The summed E-state index contributed by atoms with van der Waals surface area (Å²) in [7, 11) is 1.46. The number of nitrogens with two attached hydrogens (primary N) is 1. The number of nitrogens with zero attached hydrogens (tertiary/aromatic N) is 3. The van der Waals surface area contributed by atoms with E-state index in [-0.39, 0.29) is 0 Å². The molecule has 7 heteroatoms. The molecule has 0 saturated carbocycles. The minimum absolute atomic E-state index is 0.337. The van der Waals surface area contributed by atoms with Gasteiger partial charge in [-0.25, -0.2) is 9.97 Å². The molecular weight excluding hydrogens is 274 g/mol. The van der Waals surface area contributed by atoms with Crippen LogP contribution in [0.4, 0.5) is 17.3 Å². The van der Waals surface area contributed by atoms with E-state index in [0.29, 0.717) is 17.2 Å². The van der Waals surface area contributed by atoms with Crippen LogP contribution in [0.15, 0.2) is 40.6 Å². The number of hydrogen-bond donors (Lipinski definition) is 2. The second kappa shape index (κ2) is 6.76. The minimum Gasteiger partial charge on any atom is -0.399 e. The molecule has 20 heavy (non-hydrogen) atoms. The van der Waals surface area contributed by atoms with E-state index in [9.17, 15) is 0 Å². The van der Waals surface area contributed by atoms with Crippen molar-refractivity contribution in [3.63, 3.8) is 0 Å². The van der Waals surface area contributed by atoms with E-state index in [1.54, 1.807) is 11.8 Å². The Bertz CT molecular complexity index is 600. The number of thioether (sulfide) groups is 1. The SMILES string of the molecule is CO/N=C/c1c(N)ncnc1Nc1ccc(SC)cc1. The van der Waals surface area contributed by atoms with Gasteiger partial charge in [0.05, 0.1) is 11.8 Å². The molecule has 1 aromatic carbocycles. The molecule has 0 atom stereocenters. The van der Waals surface area contributed by atoms with E-state index in [0.717, 1.165) is 5.69 Å². The van der Waals surface area contributed by atoms with Crippen molar-refractivity contribution >= 4 is 35.3 Å². The lowest BCUT2D eigenvalue weighted by molar-refractivity contribution is 0.215. The molecular formula is C13H15N5OS. The number of hydrogen-bond acceptors (Lipinski definition) is 7. The number of nitrogens with one attached hydrogen (secondary N) is 1. The summed E-state index contributed by atoms with van der Waals surface area (Å²) in [5, 5.41) is 6.89. The van der Waals surface area contributed by atoms with Crippen LogP contribution in [0, 0.1) is 0 Å². The summed E-state index contributed by atoms with van der Waals surface area (Å²) >= 11 is 1.69. The summed E-state index contributed by atoms with van der Waals surface area (Å²) in [6.45, 7) is 0. The molecule has 0 bridgehead atoms. The average Bonchev–Trinajstić information content (AvgIpc) is 2.47. The van der Waals surface area contributed by atoms with E-state index in [2.05, 4.69) is 25.3 Å². The van der Waals surface area contributed by atoms with Gasteiger partial charge in [-0.3, -0.25) is 0 Å². The molecule has 0 saturated heterocycles. The minimum atomic E-state index is 0.337. The van der Waals surface area contributed by atoms with Gasteiger partial charge in [0, 0.05) is 10.6 Å². The summed E-state index contributed by atoms with van der Waals surface area (Å²) in [5.74, 6) is 0.916. The van der Waals surface area contributed by atoms with Gasteiger partial charge in [0.2, 0.25) is 0 Å². The first-order valence-electron chi connectivity index (χ1n) is 5.82. The zero-order valence-corrected chi connectivity index (χ0v) is 12.0. The maximum absolute atomic E-state index is 5.82. The monoisotopic (exact) mass is 289 g/mol. The second-order valence-corrected chi connectivity index (χ2v) is 4.67. The molecule has 2 aromatic rings. The van der Waals surface area contributed by atoms with Crippen LogP contribution in [0.2, 0.25) is 0 Å². The summed E-state index contributed by atoms with van der Waals surface area (Å²) in [4.78, 5) is 14.0. The van der Waals surface area contributed by atoms with Gasteiger partial charge < -0.3 is 15.9 Å². The predicted molar refractivity (Wildman–Crippen MR) is 82.6 cm³/mol. The fraction of sp³-hybridized carbons (Fsp3) is 0.154. The first-order chi connectivity index (χ1) is 9.74. The van der Waals surface area contributed by atoms with Gasteiger partial charge >= 0.3 is 0 Å².